The van der Waals surface area contributed by atoms with Gasteiger partial charge in [0.05, 0.1) is 12.7 Å². The van der Waals surface area contributed by atoms with Crippen molar-refractivity contribution in [1.82, 2.24) is 29.9 Å². The molecule has 2 aromatic rings. The third kappa shape index (κ3) is 2.80. The monoisotopic (exact) mass is 272 g/mol. The van der Waals surface area contributed by atoms with Crippen LogP contribution in [-0.2, 0) is 26.1 Å². The zero-order valence-corrected chi connectivity index (χ0v) is 11.6. The van der Waals surface area contributed by atoms with Gasteiger partial charge in [-0.3, -0.25) is 0 Å². The number of aromatic nitrogens is 5. The summed E-state index contributed by atoms with van der Waals surface area (Å²) in [5.41, 5.74) is 1.14. The Hall–Kier alpha value is -1.95. The zero-order valence-electron chi connectivity index (χ0n) is 11.6. The Balaban J connectivity index is 1.58. The van der Waals surface area contributed by atoms with Crippen molar-refractivity contribution in [2.75, 3.05) is 0 Å². The summed E-state index contributed by atoms with van der Waals surface area (Å²) in [5, 5.41) is 16.2. The van der Waals surface area contributed by atoms with Crippen LogP contribution in [0.3, 0.4) is 0 Å². The van der Waals surface area contributed by atoms with Crippen molar-refractivity contribution in [2.24, 2.45) is 0 Å². The fraction of sp³-hybridized carbons (Fsp3) is 0.500. The summed E-state index contributed by atoms with van der Waals surface area (Å²) in [6.45, 7) is 6.25. The Labute approximate surface area is 118 Å². The van der Waals surface area contributed by atoms with Gasteiger partial charge < -0.3 is 9.88 Å². The molecule has 6 nitrogen and oxygen atoms in total. The normalized spacial score (nSPS) is 14.8. The van der Waals surface area contributed by atoms with Gasteiger partial charge in [-0.1, -0.05) is 13.0 Å². The molecule has 3 heterocycles. The highest BCUT2D eigenvalue weighted by atomic mass is 15.3. The molecular weight excluding hydrogens is 252 g/mol. The molecule has 0 bridgehead atoms. The lowest BCUT2D eigenvalue weighted by atomic mass is 10.2. The van der Waals surface area contributed by atoms with Crippen LogP contribution in [0.4, 0.5) is 0 Å². The van der Waals surface area contributed by atoms with E-state index in [-0.39, 0.29) is 0 Å². The summed E-state index contributed by atoms with van der Waals surface area (Å²) in [7, 11) is 0. The van der Waals surface area contributed by atoms with Crippen LogP contribution in [0.15, 0.2) is 19.0 Å². The second kappa shape index (κ2) is 6.00. The third-order valence-electron chi connectivity index (χ3n) is 3.64. The van der Waals surface area contributed by atoms with Gasteiger partial charge in [0, 0.05) is 37.5 Å². The second-order valence-corrected chi connectivity index (χ2v) is 5.11. The summed E-state index contributed by atoms with van der Waals surface area (Å²) in [6.07, 6.45) is 10.3. The smallest absolute Gasteiger partial charge is 0.147 e. The van der Waals surface area contributed by atoms with E-state index in [1.807, 2.05) is 12.4 Å². The molecule has 3 rings (SSSR count). The molecular formula is C14H20N6. The lowest BCUT2D eigenvalue weighted by molar-refractivity contribution is 0.572. The number of fused-ring (bicyclic) bond motifs is 1. The Morgan fingerprint density at radius 3 is 3.05 bits per heavy atom. The van der Waals surface area contributed by atoms with Gasteiger partial charge in [-0.05, 0) is 12.8 Å². The molecule has 6 heteroatoms. The average molecular weight is 272 g/mol. The molecule has 20 heavy (non-hydrogen) atoms. The number of hydrogen-bond donors (Lipinski definition) is 1. The number of nitrogens with zero attached hydrogens (tertiary/aromatic N) is 5. The highest BCUT2D eigenvalue weighted by Gasteiger charge is 2.13. The summed E-state index contributed by atoms with van der Waals surface area (Å²) in [5.74, 6) is 2.18. The molecule has 0 atom stereocenters. The first kappa shape index (κ1) is 13.1. The van der Waals surface area contributed by atoms with E-state index in [0.29, 0.717) is 0 Å². The highest BCUT2D eigenvalue weighted by molar-refractivity contribution is 5.17. The van der Waals surface area contributed by atoms with Crippen LogP contribution in [0.5, 0.6) is 0 Å². The summed E-state index contributed by atoms with van der Waals surface area (Å²) in [6, 6.07) is 0. The molecule has 1 N–H and O–H groups in total. The van der Waals surface area contributed by atoms with Gasteiger partial charge in [0.25, 0.3) is 0 Å². The molecule has 0 saturated heterocycles. The molecule has 0 unspecified atom stereocenters. The van der Waals surface area contributed by atoms with Crippen molar-refractivity contribution in [3.63, 3.8) is 0 Å². The minimum Gasteiger partial charge on any atom is -0.314 e. The van der Waals surface area contributed by atoms with Gasteiger partial charge in [-0.25, -0.2) is 4.68 Å². The fourth-order valence-electron chi connectivity index (χ4n) is 2.56. The first-order valence-corrected chi connectivity index (χ1v) is 7.14. The van der Waals surface area contributed by atoms with Gasteiger partial charge in [-0.2, -0.15) is 5.10 Å². The third-order valence-corrected chi connectivity index (χ3v) is 3.64. The summed E-state index contributed by atoms with van der Waals surface area (Å²) in [4.78, 5) is 0. The van der Waals surface area contributed by atoms with Crippen molar-refractivity contribution in [1.29, 1.82) is 0 Å². The minimum absolute atomic E-state index is 0.742. The van der Waals surface area contributed by atoms with Crippen LogP contribution < -0.4 is 5.32 Å². The van der Waals surface area contributed by atoms with E-state index in [1.54, 1.807) is 10.9 Å². The minimum atomic E-state index is 0.742. The Kier molecular flexibility index (Phi) is 3.92. The van der Waals surface area contributed by atoms with Gasteiger partial charge in [0.1, 0.15) is 11.6 Å². The van der Waals surface area contributed by atoms with E-state index in [2.05, 4.69) is 31.8 Å². The van der Waals surface area contributed by atoms with Crippen LogP contribution in [0.25, 0.3) is 6.20 Å². The van der Waals surface area contributed by atoms with E-state index in [9.17, 15) is 0 Å². The van der Waals surface area contributed by atoms with Crippen LogP contribution in [0.2, 0.25) is 0 Å². The van der Waals surface area contributed by atoms with E-state index < -0.39 is 0 Å². The van der Waals surface area contributed by atoms with E-state index in [1.165, 1.54) is 19.3 Å². The van der Waals surface area contributed by atoms with Gasteiger partial charge in [0.2, 0.25) is 0 Å². The first-order valence-electron chi connectivity index (χ1n) is 7.14. The predicted octanol–water partition coefficient (Wildman–Crippen LogP) is 1.59. The van der Waals surface area contributed by atoms with Crippen molar-refractivity contribution >= 4 is 6.20 Å². The Morgan fingerprint density at radius 1 is 1.25 bits per heavy atom. The zero-order chi connectivity index (χ0) is 13.8. The molecule has 0 fully saturated rings. The fourth-order valence-corrected chi connectivity index (χ4v) is 2.56. The van der Waals surface area contributed by atoms with E-state index in [0.717, 1.165) is 43.3 Å². The average Bonchev–Trinajstić information content (AvgIpc) is 3.00. The maximum absolute atomic E-state index is 4.31. The molecule has 1 aliphatic rings. The lowest BCUT2D eigenvalue weighted by Gasteiger charge is -2.07. The van der Waals surface area contributed by atoms with Crippen molar-refractivity contribution in [2.45, 2.75) is 45.3 Å². The molecule has 0 radical (unpaired) electrons. The van der Waals surface area contributed by atoms with Crippen LogP contribution in [0.1, 0.15) is 36.5 Å². The van der Waals surface area contributed by atoms with Crippen molar-refractivity contribution in [3.8, 4) is 0 Å². The van der Waals surface area contributed by atoms with Gasteiger partial charge in [0.15, 0.2) is 0 Å². The highest BCUT2D eigenvalue weighted by Crippen LogP contribution is 2.14. The number of aryl methyl sites for hydroxylation is 1. The molecule has 1 aliphatic heterocycles. The van der Waals surface area contributed by atoms with Gasteiger partial charge in [-0.15, -0.1) is 10.2 Å². The largest absolute Gasteiger partial charge is 0.314 e. The molecule has 0 spiro atoms. The topological polar surface area (TPSA) is 60.6 Å². The molecule has 2 aromatic heterocycles. The maximum atomic E-state index is 4.31. The lowest BCUT2D eigenvalue weighted by Crippen LogP contribution is -2.17. The quantitative estimate of drug-likeness (QED) is 0.898. The number of hydrogen-bond acceptors (Lipinski definition) is 4. The molecule has 0 saturated carbocycles. The first-order chi connectivity index (χ1) is 9.86. The van der Waals surface area contributed by atoms with E-state index >= 15 is 0 Å². The summed E-state index contributed by atoms with van der Waals surface area (Å²) < 4.78 is 3.98. The van der Waals surface area contributed by atoms with Crippen LogP contribution >= 0.6 is 0 Å². The molecule has 106 valence electrons. The number of nitrogens with one attached hydrogen (secondary N) is 1. The van der Waals surface area contributed by atoms with Gasteiger partial charge >= 0.3 is 0 Å². The van der Waals surface area contributed by atoms with Crippen molar-refractivity contribution < 1.29 is 0 Å². The van der Waals surface area contributed by atoms with Crippen LogP contribution in [-0.4, -0.2) is 24.5 Å². The number of rotatable bonds is 5. The summed E-state index contributed by atoms with van der Waals surface area (Å²) >= 11 is 0. The SMILES string of the molecule is C=Cn1cc(CNCc2nnc3n2CCCCC3)cn1. The maximum Gasteiger partial charge on any atom is 0.147 e. The standard InChI is InChI=1S/C14H20N6/c1-2-19-11-12(9-16-19)8-15-10-14-18-17-13-6-4-3-5-7-20(13)14/h2,9,11,15H,1,3-8,10H2. The Bertz CT molecular complexity index is 582. The molecule has 0 aromatic carbocycles. The molecule has 0 aliphatic carbocycles. The predicted molar refractivity (Wildman–Crippen MR) is 76.7 cm³/mol. The Morgan fingerprint density at radius 2 is 2.20 bits per heavy atom. The second-order valence-electron chi connectivity index (χ2n) is 5.11. The van der Waals surface area contributed by atoms with Crippen LogP contribution in [0, 0.1) is 0 Å². The van der Waals surface area contributed by atoms with Crippen molar-refractivity contribution in [3.05, 3.63) is 36.2 Å². The molecule has 0 amide bonds. The van der Waals surface area contributed by atoms with E-state index in [4.69, 9.17) is 0 Å².